The zero-order valence-electron chi connectivity index (χ0n) is 16.5. The number of nitrogens with one attached hydrogen (secondary N) is 1. The second-order valence-corrected chi connectivity index (χ2v) is 7.51. The number of rotatable bonds is 5. The lowest BCUT2D eigenvalue weighted by Crippen LogP contribution is -2.17. The molecule has 0 bridgehead atoms. The van der Waals surface area contributed by atoms with Crippen molar-refractivity contribution in [1.29, 1.82) is 0 Å². The molecule has 2 heterocycles. The molecule has 0 aliphatic heterocycles. The fourth-order valence-electron chi connectivity index (χ4n) is 3.27. The Morgan fingerprint density at radius 2 is 1.69 bits per heavy atom. The molecule has 1 amide bonds. The molecule has 1 N–H and O–H groups in total. The summed E-state index contributed by atoms with van der Waals surface area (Å²) in [6.07, 6.45) is 2.16. The number of hydrogen-bond donors (Lipinski definition) is 1. The Labute approximate surface area is 173 Å². The van der Waals surface area contributed by atoms with E-state index in [1.165, 1.54) is 11.8 Å². The van der Waals surface area contributed by atoms with E-state index in [4.69, 9.17) is 0 Å². The number of hydrogen-bond acceptors (Lipinski definition) is 5. The highest BCUT2D eigenvalue weighted by Crippen LogP contribution is 2.22. The smallest absolute Gasteiger partial charge is 0.253 e. The van der Waals surface area contributed by atoms with Gasteiger partial charge in [-0.2, -0.15) is 4.98 Å². The van der Waals surface area contributed by atoms with Gasteiger partial charge in [-0.3, -0.25) is 4.79 Å². The number of thioether (sulfide) groups is 1. The topological polar surface area (TPSA) is 72.2 Å². The second kappa shape index (κ2) is 8.05. The highest BCUT2D eigenvalue weighted by Gasteiger charge is 2.16. The van der Waals surface area contributed by atoms with E-state index in [0.717, 1.165) is 33.8 Å². The van der Waals surface area contributed by atoms with Gasteiger partial charge in [-0.15, -0.1) is 5.10 Å². The lowest BCUT2D eigenvalue weighted by molar-refractivity contribution is -0.115. The van der Waals surface area contributed by atoms with Crippen LogP contribution in [0.25, 0.3) is 16.9 Å². The van der Waals surface area contributed by atoms with Crippen molar-refractivity contribution in [1.82, 2.24) is 19.6 Å². The minimum atomic E-state index is -0.0879. The third kappa shape index (κ3) is 4.00. The molecular formula is C22H21N5OS. The summed E-state index contributed by atoms with van der Waals surface area (Å²) in [5.74, 6) is 0.472. The van der Waals surface area contributed by atoms with Crippen molar-refractivity contribution in [2.24, 2.45) is 0 Å². The standard InChI is InChI=1S/C22H21N5OS/c1-14-19(15(2)27-21(23-14)25-22(26-27)29-3)13-20(28)24-18-11-9-17(10-12-18)16-7-5-4-6-8-16/h4-12H,13H2,1-3H3,(H,24,28). The van der Waals surface area contributed by atoms with E-state index in [1.807, 2.05) is 62.6 Å². The third-order valence-electron chi connectivity index (χ3n) is 4.83. The number of amides is 1. The molecule has 0 aliphatic carbocycles. The molecule has 0 aliphatic rings. The van der Waals surface area contributed by atoms with E-state index >= 15 is 0 Å². The average Bonchev–Trinajstić information content (AvgIpc) is 3.15. The Balaban J connectivity index is 1.51. The summed E-state index contributed by atoms with van der Waals surface area (Å²) in [6, 6.07) is 18.0. The first-order chi connectivity index (χ1) is 14.0. The van der Waals surface area contributed by atoms with E-state index in [9.17, 15) is 4.79 Å². The van der Waals surface area contributed by atoms with Crippen molar-refractivity contribution < 1.29 is 4.79 Å². The number of anilines is 1. The van der Waals surface area contributed by atoms with Crippen LogP contribution in [0, 0.1) is 13.8 Å². The number of carbonyl (C=O) groups is 1. The lowest BCUT2D eigenvalue weighted by atomic mass is 10.1. The summed E-state index contributed by atoms with van der Waals surface area (Å²) in [5, 5.41) is 8.08. The van der Waals surface area contributed by atoms with Crippen LogP contribution in [-0.2, 0) is 11.2 Å². The molecule has 4 aromatic rings. The minimum absolute atomic E-state index is 0.0879. The highest BCUT2D eigenvalue weighted by molar-refractivity contribution is 7.98. The molecule has 2 aromatic heterocycles. The predicted molar refractivity (Wildman–Crippen MR) is 116 cm³/mol. The molecule has 0 atom stereocenters. The van der Waals surface area contributed by atoms with Crippen molar-refractivity contribution in [2.75, 3.05) is 11.6 Å². The largest absolute Gasteiger partial charge is 0.326 e. The lowest BCUT2D eigenvalue weighted by Gasteiger charge is -2.11. The SMILES string of the molecule is CSc1nc2nc(C)c(CC(=O)Nc3ccc(-c4ccccc4)cc3)c(C)n2n1. The molecule has 146 valence electrons. The second-order valence-electron chi connectivity index (χ2n) is 6.74. The molecule has 29 heavy (non-hydrogen) atoms. The fraction of sp³-hybridized carbons (Fsp3) is 0.182. The van der Waals surface area contributed by atoms with Crippen LogP contribution in [0.15, 0.2) is 59.8 Å². The number of benzene rings is 2. The average molecular weight is 404 g/mol. The van der Waals surface area contributed by atoms with E-state index in [-0.39, 0.29) is 12.3 Å². The number of aromatic nitrogens is 4. The maximum atomic E-state index is 12.7. The molecular weight excluding hydrogens is 382 g/mol. The molecule has 7 heteroatoms. The first-order valence-corrected chi connectivity index (χ1v) is 10.5. The van der Waals surface area contributed by atoms with Gasteiger partial charge in [0, 0.05) is 22.6 Å². The van der Waals surface area contributed by atoms with Crippen LogP contribution in [0.5, 0.6) is 0 Å². The predicted octanol–water partition coefficient (Wildman–Crippen LogP) is 4.31. The van der Waals surface area contributed by atoms with Crippen molar-refractivity contribution >= 4 is 29.1 Å². The third-order valence-corrected chi connectivity index (χ3v) is 5.36. The Morgan fingerprint density at radius 1 is 1.00 bits per heavy atom. The van der Waals surface area contributed by atoms with Crippen LogP contribution in [0.2, 0.25) is 0 Å². The van der Waals surface area contributed by atoms with Crippen LogP contribution in [0.4, 0.5) is 5.69 Å². The quantitative estimate of drug-likeness (QED) is 0.503. The Bertz CT molecular complexity index is 1170. The van der Waals surface area contributed by atoms with Crippen LogP contribution >= 0.6 is 11.8 Å². The van der Waals surface area contributed by atoms with Crippen molar-refractivity contribution in [3.8, 4) is 11.1 Å². The summed E-state index contributed by atoms with van der Waals surface area (Å²) < 4.78 is 1.70. The van der Waals surface area contributed by atoms with Gasteiger partial charge in [-0.05, 0) is 43.4 Å². The van der Waals surface area contributed by atoms with Crippen LogP contribution in [0.3, 0.4) is 0 Å². The molecule has 6 nitrogen and oxygen atoms in total. The van der Waals surface area contributed by atoms with Gasteiger partial charge >= 0.3 is 0 Å². The van der Waals surface area contributed by atoms with Gasteiger partial charge in [-0.1, -0.05) is 54.2 Å². The van der Waals surface area contributed by atoms with Crippen LogP contribution in [0.1, 0.15) is 17.0 Å². The monoisotopic (exact) mass is 403 g/mol. The zero-order chi connectivity index (χ0) is 20.4. The van der Waals surface area contributed by atoms with Crippen molar-refractivity contribution in [3.63, 3.8) is 0 Å². The molecule has 0 unspecified atom stereocenters. The number of aryl methyl sites for hydroxylation is 2. The molecule has 2 aromatic carbocycles. The summed E-state index contributed by atoms with van der Waals surface area (Å²) in [5.41, 5.74) is 5.58. The highest BCUT2D eigenvalue weighted by atomic mass is 32.2. The van der Waals surface area contributed by atoms with E-state index in [1.54, 1.807) is 4.52 Å². The van der Waals surface area contributed by atoms with Gasteiger partial charge < -0.3 is 5.32 Å². The molecule has 0 radical (unpaired) electrons. The Kier molecular flexibility index (Phi) is 5.31. The van der Waals surface area contributed by atoms with Crippen molar-refractivity contribution in [3.05, 3.63) is 71.5 Å². The molecule has 4 rings (SSSR count). The molecule has 0 fully saturated rings. The summed E-state index contributed by atoms with van der Waals surface area (Å²) >= 11 is 1.47. The summed E-state index contributed by atoms with van der Waals surface area (Å²) in [6.45, 7) is 3.84. The number of nitrogens with zero attached hydrogens (tertiary/aromatic N) is 4. The van der Waals surface area contributed by atoms with Gasteiger partial charge in [0.25, 0.3) is 5.78 Å². The Hall–Kier alpha value is -3.19. The minimum Gasteiger partial charge on any atom is -0.326 e. The maximum absolute atomic E-state index is 12.7. The fourth-order valence-corrected chi connectivity index (χ4v) is 3.61. The van der Waals surface area contributed by atoms with Gasteiger partial charge in [-0.25, -0.2) is 9.50 Å². The van der Waals surface area contributed by atoms with Gasteiger partial charge in [0.15, 0.2) is 0 Å². The first kappa shape index (κ1) is 19.1. The van der Waals surface area contributed by atoms with Gasteiger partial charge in [0.2, 0.25) is 11.1 Å². The van der Waals surface area contributed by atoms with Gasteiger partial charge in [0.05, 0.1) is 6.42 Å². The van der Waals surface area contributed by atoms with E-state index in [2.05, 4.69) is 32.5 Å². The molecule has 0 saturated heterocycles. The Morgan fingerprint density at radius 3 is 2.38 bits per heavy atom. The van der Waals surface area contributed by atoms with E-state index in [0.29, 0.717) is 10.9 Å². The summed E-state index contributed by atoms with van der Waals surface area (Å²) in [4.78, 5) is 21.5. The molecule has 0 spiro atoms. The zero-order valence-corrected chi connectivity index (χ0v) is 17.3. The van der Waals surface area contributed by atoms with Crippen LogP contribution < -0.4 is 5.32 Å². The maximum Gasteiger partial charge on any atom is 0.253 e. The van der Waals surface area contributed by atoms with E-state index < -0.39 is 0 Å². The van der Waals surface area contributed by atoms with Crippen molar-refractivity contribution in [2.45, 2.75) is 25.4 Å². The van der Waals surface area contributed by atoms with Gasteiger partial charge in [0.1, 0.15) is 0 Å². The first-order valence-electron chi connectivity index (χ1n) is 9.27. The normalized spacial score (nSPS) is 11.0. The number of fused-ring (bicyclic) bond motifs is 1. The summed E-state index contributed by atoms with van der Waals surface area (Å²) in [7, 11) is 0. The molecule has 0 saturated carbocycles. The van der Waals surface area contributed by atoms with Crippen LogP contribution in [-0.4, -0.2) is 31.7 Å². The number of carbonyl (C=O) groups excluding carboxylic acids is 1.